The van der Waals surface area contributed by atoms with Crippen molar-refractivity contribution >= 4 is 49.2 Å². The Kier molecular flexibility index (Phi) is 4.25. The van der Waals surface area contributed by atoms with Crippen molar-refractivity contribution in [3.05, 3.63) is 69.3 Å². The molecule has 2 aromatic carbocycles. The van der Waals surface area contributed by atoms with E-state index in [1.165, 1.54) is 23.5 Å². The summed E-state index contributed by atoms with van der Waals surface area (Å²) in [5.41, 5.74) is 2.65. The Morgan fingerprint density at radius 1 is 1.21 bits per heavy atom. The zero-order chi connectivity index (χ0) is 20.3. The van der Waals surface area contributed by atoms with Gasteiger partial charge >= 0.3 is 0 Å². The summed E-state index contributed by atoms with van der Waals surface area (Å²) in [6.07, 6.45) is 0.0925. The molecule has 5 rings (SSSR count). The summed E-state index contributed by atoms with van der Waals surface area (Å²) in [6, 6.07) is 9.13. The number of nitrogens with one attached hydrogen (secondary N) is 1. The van der Waals surface area contributed by atoms with Crippen molar-refractivity contribution in [1.82, 2.24) is 14.8 Å². The number of halogens is 3. The van der Waals surface area contributed by atoms with Crippen LogP contribution in [-0.2, 0) is 4.79 Å². The second kappa shape index (κ2) is 6.70. The van der Waals surface area contributed by atoms with Gasteiger partial charge in [-0.3, -0.25) is 4.79 Å². The molecule has 1 aliphatic rings. The number of nitrogens with zero attached hydrogens (tertiary/aromatic N) is 3. The molecule has 146 valence electrons. The fourth-order valence-electron chi connectivity index (χ4n) is 3.72. The average Bonchev–Trinajstić information content (AvgIpc) is 3.20. The fourth-order valence-corrected chi connectivity index (χ4v) is 5.20. The predicted octanol–water partition coefficient (Wildman–Crippen LogP) is 5.31. The zero-order valence-electron chi connectivity index (χ0n) is 15.0. The summed E-state index contributed by atoms with van der Waals surface area (Å²) in [5, 5.41) is 8.06. The van der Waals surface area contributed by atoms with Gasteiger partial charge in [-0.15, -0.1) is 0 Å². The van der Waals surface area contributed by atoms with Crippen molar-refractivity contribution in [3.8, 4) is 5.13 Å². The summed E-state index contributed by atoms with van der Waals surface area (Å²) in [6.45, 7) is 1.82. The third-order valence-corrected chi connectivity index (χ3v) is 6.40. The number of fused-ring (bicyclic) bond motifs is 2. The molecule has 1 aliphatic heterocycles. The molecule has 2 aromatic heterocycles. The number of carbonyl (C=O) groups is 1. The van der Waals surface area contributed by atoms with E-state index in [0.717, 1.165) is 26.3 Å². The second-order valence-electron chi connectivity index (χ2n) is 6.88. The van der Waals surface area contributed by atoms with E-state index >= 15 is 0 Å². The van der Waals surface area contributed by atoms with E-state index in [1.54, 1.807) is 4.68 Å². The molecule has 0 bridgehead atoms. The molecule has 0 saturated carbocycles. The first-order valence-electron chi connectivity index (χ1n) is 8.81. The van der Waals surface area contributed by atoms with Crippen molar-refractivity contribution in [1.29, 1.82) is 0 Å². The molecule has 1 unspecified atom stereocenters. The standard InChI is InChI=1S/C20H13BrF2N4OS/c1-9-18-14(10-4-12(22)7-13(23)5-10)8-17(28)25-19(18)27(26-9)20-24-15-3-2-11(21)6-16(15)29-20/h2-7,14H,8H2,1H3,(H,25,28). The molecule has 1 atom stereocenters. The minimum atomic E-state index is -0.672. The number of hydrogen-bond donors (Lipinski definition) is 1. The average molecular weight is 475 g/mol. The minimum absolute atomic E-state index is 0.0925. The molecule has 4 aromatic rings. The lowest BCUT2D eigenvalue weighted by molar-refractivity contribution is -0.116. The highest BCUT2D eigenvalue weighted by Crippen LogP contribution is 2.41. The summed E-state index contributed by atoms with van der Waals surface area (Å²) in [7, 11) is 0. The van der Waals surface area contributed by atoms with Crippen LogP contribution in [0.15, 0.2) is 40.9 Å². The normalized spacial score (nSPS) is 16.1. The van der Waals surface area contributed by atoms with Crippen LogP contribution in [0.5, 0.6) is 0 Å². The van der Waals surface area contributed by atoms with Crippen molar-refractivity contribution in [2.24, 2.45) is 0 Å². The number of thiazole rings is 1. The number of carbonyl (C=O) groups excluding carboxylic acids is 1. The summed E-state index contributed by atoms with van der Waals surface area (Å²) in [4.78, 5) is 17.0. The Labute approximate surface area is 176 Å². The van der Waals surface area contributed by atoms with Gasteiger partial charge in [0, 0.05) is 28.4 Å². The predicted molar refractivity (Wildman–Crippen MR) is 111 cm³/mol. The first-order valence-corrected chi connectivity index (χ1v) is 10.4. The first kappa shape index (κ1) is 18.4. The molecule has 1 amide bonds. The molecule has 1 N–H and O–H groups in total. The van der Waals surface area contributed by atoms with E-state index in [-0.39, 0.29) is 12.3 Å². The Hall–Kier alpha value is -2.65. The quantitative estimate of drug-likeness (QED) is 0.428. The van der Waals surface area contributed by atoms with Gasteiger partial charge in [-0.2, -0.15) is 9.78 Å². The third-order valence-electron chi connectivity index (χ3n) is 4.91. The molecule has 0 aliphatic carbocycles. The molecule has 0 saturated heterocycles. The Bertz CT molecular complexity index is 1280. The molecule has 0 fully saturated rings. The number of aromatic nitrogens is 3. The van der Waals surface area contributed by atoms with E-state index in [4.69, 9.17) is 0 Å². The van der Waals surface area contributed by atoms with Crippen LogP contribution in [0.3, 0.4) is 0 Å². The zero-order valence-corrected chi connectivity index (χ0v) is 17.4. The highest BCUT2D eigenvalue weighted by Gasteiger charge is 2.33. The van der Waals surface area contributed by atoms with E-state index in [9.17, 15) is 13.6 Å². The van der Waals surface area contributed by atoms with Crippen molar-refractivity contribution in [3.63, 3.8) is 0 Å². The van der Waals surface area contributed by atoms with Crippen LogP contribution in [0, 0.1) is 18.6 Å². The summed E-state index contributed by atoms with van der Waals surface area (Å²) < 4.78 is 31.1. The number of anilines is 1. The highest BCUT2D eigenvalue weighted by atomic mass is 79.9. The summed E-state index contributed by atoms with van der Waals surface area (Å²) >= 11 is 4.90. The molecule has 5 nitrogen and oxygen atoms in total. The van der Waals surface area contributed by atoms with Crippen LogP contribution in [0.4, 0.5) is 14.6 Å². The van der Waals surface area contributed by atoms with Crippen LogP contribution >= 0.6 is 27.3 Å². The van der Waals surface area contributed by atoms with Gasteiger partial charge in [-0.1, -0.05) is 27.3 Å². The molecule has 0 radical (unpaired) electrons. The maximum atomic E-state index is 13.8. The van der Waals surface area contributed by atoms with Gasteiger partial charge in [0.15, 0.2) is 0 Å². The van der Waals surface area contributed by atoms with Crippen LogP contribution in [0.2, 0.25) is 0 Å². The van der Waals surface area contributed by atoms with Crippen LogP contribution in [-0.4, -0.2) is 20.7 Å². The van der Waals surface area contributed by atoms with Gasteiger partial charge in [0.2, 0.25) is 11.0 Å². The van der Waals surface area contributed by atoms with Crippen molar-refractivity contribution in [2.75, 3.05) is 5.32 Å². The molecule has 29 heavy (non-hydrogen) atoms. The summed E-state index contributed by atoms with van der Waals surface area (Å²) in [5.74, 6) is -1.58. The van der Waals surface area contributed by atoms with Crippen LogP contribution in [0.25, 0.3) is 15.3 Å². The monoisotopic (exact) mass is 474 g/mol. The second-order valence-corrected chi connectivity index (χ2v) is 8.80. The van der Waals surface area contributed by atoms with Crippen LogP contribution < -0.4 is 5.32 Å². The van der Waals surface area contributed by atoms with E-state index in [1.807, 2.05) is 25.1 Å². The molecular formula is C20H13BrF2N4OS. The van der Waals surface area contributed by atoms with Crippen molar-refractivity contribution in [2.45, 2.75) is 19.3 Å². The Morgan fingerprint density at radius 2 is 1.97 bits per heavy atom. The van der Waals surface area contributed by atoms with Crippen LogP contribution in [0.1, 0.15) is 29.2 Å². The first-order chi connectivity index (χ1) is 13.9. The number of amides is 1. The highest BCUT2D eigenvalue weighted by molar-refractivity contribution is 9.10. The number of rotatable bonds is 2. The maximum Gasteiger partial charge on any atom is 0.226 e. The molecule has 9 heteroatoms. The number of benzene rings is 2. The van der Waals surface area contributed by atoms with Gasteiger partial charge in [-0.05, 0) is 42.8 Å². The molecule has 0 spiro atoms. The van der Waals surface area contributed by atoms with Gasteiger partial charge in [-0.25, -0.2) is 13.8 Å². The smallest absolute Gasteiger partial charge is 0.226 e. The fraction of sp³-hybridized carbons (Fsp3) is 0.150. The van der Waals surface area contributed by atoms with Gasteiger partial charge in [0.05, 0.1) is 15.9 Å². The Balaban J connectivity index is 1.68. The molecule has 3 heterocycles. The van der Waals surface area contributed by atoms with Gasteiger partial charge in [0.1, 0.15) is 17.5 Å². The Morgan fingerprint density at radius 3 is 2.72 bits per heavy atom. The SMILES string of the molecule is Cc1nn(-c2nc3ccc(Br)cc3s2)c2c1C(c1cc(F)cc(F)c1)CC(=O)N2. The minimum Gasteiger partial charge on any atom is -0.310 e. The third kappa shape index (κ3) is 3.14. The van der Waals surface area contributed by atoms with E-state index in [2.05, 4.69) is 31.3 Å². The van der Waals surface area contributed by atoms with Gasteiger partial charge in [0.25, 0.3) is 0 Å². The molecular weight excluding hydrogens is 462 g/mol. The number of aryl methyl sites for hydroxylation is 1. The lowest BCUT2D eigenvalue weighted by Crippen LogP contribution is -2.25. The number of hydrogen-bond acceptors (Lipinski definition) is 4. The largest absolute Gasteiger partial charge is 0.310 e. The lowest BCUT2D eigenvalue weighted by atomic mass is 9.85. The lowest BCUT2D eigenvalue weighted by Gasteiger charge is -2.24. The van der Waals surface area contributed by atoms with E-state index in [0.29, 0.717) is 22.2 Å². The topological polar surface area (TPSA) is 59.8 Å². The maximum absolute atomic E-state index is 13.8. The van der Waals surface area contributed by atoms with Crippen molar-refractivity contribution < 1.29 is 13.6 Å². The van der Waals surface area contributed by atoms with Gasteiger partial charge < -0.3 is 5.32 Å². The van der Waals surface area contributed by atoms with E-state index < -0.39 is 17.6 Å².